The van der Waals surface area contributed by atoms with Crippen molar-refractivity contribution >= 4 is 6.21 Å². The van der Waals surface area contributed by atoms with Crippen molar-refractivity contribution in [1.82, 2.24) is 0 Å². The Labute approximate surface area is 89.4 Å². The Balaban J connectivity index is 2.88. The highest BCUT2D eigenvalue weighted by Gasteiger charge is 2.03. The highest BCUT2D eigenvalue weighted by atomic mass is 16.5. The summed E-state index contributed by atoms with van der Waals surface area (Å²) in [4.78, 5) is 0. The summed E-state index contributed by atoms with van der Waals surface area (Å²) in [6.07, 6.45) is 2.47. The molecule has 0 radical (unpaired) electrons. The molecule has 1 aromatic rings. The molecule has 0 aliphatic carbocycles. The van der Waals surface area contributed by atoms with Crippen LogP contribution in [0, 0.1) is 0 Å². The monoisotopic (exact) mass is 208 g/mol. The topological polar surface area (TPSA) is 67.8 Å². The van der Waals surface area contributed by atoms with Crippen LogP contribution in [0.15, 0.2) is 23.3 Å². The molecule has 0 spiro atoms. The largest absolute Gasteiger partial charge is 0.493 e. The number of aliphatic hydroxyl groups is 1. The van der Waals surface area contributed by atoms with Gasteiger partial charge in [-0.05, 0) is 30.2 Å². The molecule has 0 aromatic heterocycles. The lowest BCUT2D eigenvalue weighted by Gasteiger charge is -2.09. The highest BCUT2D eigenvalue weighted by Crippen LogP contribution is 2.19. The Morgan fingerprint density at radius 1 is 1.53 bits per heavy atom. The van der Waals surface area contributed by atoms with Crippen LogP contribution in [0.2, 0.25) is 0 Å². The normalized spacial score (nSPS) is 10.8. The van der Waals surface area contributed by atoms with Gasteiger partial charge in [-0.1, -0.05) is 6.92 Å². The van der Waals surface area contributed by atoms with Crippen LogP contribution < -0.4 is 10.6 Å². The minimum absolute atomic E-state index is 0.0503. The molecule has 0 atom stereocenters. The molecule has 82 valence electrons. The van der Waals surface area contributed by atoms with Crippen LogP contribution in [-0.2, 0) is 6.61 Å². The van der Waals surface area contributed by atoms with Gasteiger partial charge in [0.2, 0.25) is 0 Å². The Morgan fingerprint density at radius 3 is 2.93 bits per heavy atom. The first-order valence-electron chi connectivity index (χ1n) is 4.91. The first-order valence-corrected chi connectivity index (χ1v) is 4.91. The first kappa shape index (κ1) is 11.5. The van der Waals surface area contributed by atoms with Gasteiger partial charge in [-0.2, -0.15) is 5.10 Å². The Hall–Kier alpha value is -1.55. The maximum absolute atomic E-state index is 9.15. The molecule has 0 bridgehead atoms. The van der Waals surface area contributed by atoms with Crippen molar-refractivity contribution in [3.05, 3.63) is 29.3 Å². The molecule has 3 N–H and O–H groups in total. The van der Waals surface area contributed by atoms with Gasteiger partial charge >= 0.3 is 0 Å². The standard InChI is InChI=1S/C11H16N2O2/c1-2-5-15-11-4-3-9(7-13-12)6-10(11)8-14/h3-4,6-7,14H,2,5,8,12H2,1H3. The molecule has 0 saturated carbocycles. The van der Waals surface area contributed by atoms with Gasteiger partial charge in [-0.15, -0.1) is 0 Å². The van der Waals surface area contributed by atoms with Crippen molar-refractivity contribution in [1.29, 1.82) is 0 Å². The SMILES string of the molecule is CCCOc1ccc(C=NN)cc1CO. The van der Waals surface area contributed by atoms with Crippen molar-refractivity contribution in [2.45, 2.75) is 20.0 Å². The van der Waals surface area contributed by atoms with E-state index in [2.05, 4.69) is 5.10 Å². The molecule has 1 aromatic carbocycles. The zero-order valence-electron chi connectivity index (χ0n) is 8.81. The molecule has 15 heavy (non-hydrogen) atoms. The molecule has 1 rings (SSSR count). The fourth-order valence-electron chi connectivity index (χ4n) is 1.24. The Bertz CT molecular complexity index is 337. The molecule has 0 amide bonds. The molecule has 4 heteroatoms. The van der Waals surface area contributed by atoms with Gasteiger partial charge in [0.15, 0.2) is 0 Å². The summed E-state index contributed by atoms with van der Waals surface area (Å²) >= 11 is 0. The van der Waals surface area contributed by atoms with Gasteiger partial charge in [0.25, 0.3) is 0 Å². The number of hydrazone groups is 1. The summed E-state index contributed by atoms with van der Waals surface area (Å²) in [7, 11) is 0. The number of hydrogen-bond acceptors (Lipinski definition) is 4. The van der Waals surface area contributed by atoms with Crippen LogP contribution in [0.4, 0.5) is 0 Å². The molecule has 0 heterocycles. The molecule has 0 saturated heterocycles. The third kappa shape index (κ3) is 3.25. The zero-order chi connectivity index (χ0) is 11.1. The summed E-state index contributed by atoms with van der Waals surface area (Å²) in [6.45, 7) is 2.64. The van der Waals surface area contributed by atoms with E-state index in [1.54, 1.807) is 6.07 Å². The van der Waals surface area contributed by atoms with E-state index >= 15 is 0 Å². The Morgan fingerprint density at radius 2 is 2.33 bits per heavy atom. The van der Waals surface area contributed by atoms with E-state index in [1.807, 2.05) is 19.1 Å². The van der Waals surface area contributed by atoms with Crippen LogP contribution in [-0.4, -0.2) is 17.9 Å². The fraction of sp³-hybridized carbons (Fsp3) is 0.364. The fourth-order valence-corrected chi connectivity index (χ4v) is 1.24. The molecule has 0 unspecified atom stereocenters. The minimum Gasteiger partial charge on any atom is -0.493 e. The van der Waals surface area contributed by atoms with Crippen LogP contribution in [0.5, 0.6) is 5.75 Å². The minimum atomic E-state index is -0.0503. The third-order valence-corrected chi connectivity index (χ3v) is 1.94. The van der Waals surface area contributed by atoms with Gasteiger partial charge in [0.1, 0.15) is 5.75 Å². The summed E-state index contributed by atoms with van der Waals surface area (Å²) in [5, 5.41) is 12.6. The Kier molecular flexibility index (Phi) is 4.63. The van der Waals surface area contributed by atoms with E-state index in [9.17, 15) is 0 Å². The summed E-state index contributed by atoms with van der Waals surface area (Å²) in [5.74, 6) is 5.76. The van der Waals surface area contributed by atoms with Gasteiger partial charge in [-0.25, -0.2) is 0 Å². The lowest BCUT2D eigenvalue weighted by molar-refractivity contribution is 0.263. The van der Waals surface area contributed by atoms with Gasteiger partial charge in [-0.3, -0.25) is 0 Å². The van der Waals surface area contributed by atoms with Crippen LogP contribution >= 0.6 is 0 Å². The summed E-state index contributed by atoms with van der Waals surface area (Å²) in [6, 6.07) is 5.47. The molecular weight excluding hydrogens is 192 g/mol. The highest BCUT2D eigenvalue weighted by molar-refractivity contribution is 5.80. The number of ether oxygens (including phenoxy) is 1. The average Bonchev–Trinajstić information content (AvgIpc) is 2.27. The van der Waals surface area contributed by atoms with E-state index in [1.165, 1.54) is 6.21 Å². The predicted octanol–water partition coefficient (Wildman–Crippen LogP) is 1.26. The second-order valence-electron chi connectivity index (χ2n) is 3.15. The van der Waals surface area contributed by atoms with E-state index in [-0.39, 0.29) is 6.61 Å². The van der Waals surface area contributed by atoms with Gasteiger partial charge in [0.05, 0.1) is 19.4 Å². The number of rotatable bonds is 5. The van der Waals surface area contributed by atoms with Crippen molar-refractivity contribution in [3.63, 3.8) is 0 Å². The lowest BCUT2D eigenvalue weighted by atomic mass is 10.1. The van der Waals surface area contributed by atoms with E-state index in [0.717, 1.165) is 17.5 Å². The van der Waals surface area contributed by atoms with Crippen LogP contribution in [0.25, 0.3) is 0 Å². The second-order valence-corrected chi connectivity index (χ2v) is 3.15. The number of nitrogens with two attached hydrogens (primary N) is 1. The molecular formula is C11H16N2O2. The second kappa shape index (κ2) is 6.03. The van der Waals surface area contributed by atoms with E-state index < -0.39 is 0 Å². The average molecular weight is 208 g/mol. The van der Waals surface area contributed by atoms with E-state index in [4.69, 9.17) is 15.7 Å². The predicted molar refractivity (Wildman–Crippen MR) is 59.9 cm³/mol. The first-order chi connectivity index (χ1) is 7.31. The molecule has 0 aliphatic rings. The van der Waals surface area contributed by atoms with Gasteiger partial charge < -0.3 is 15.7 Å². The van der Waals surface area contributed by atoms with Crippen LogP contribution in [0.3, 0.4) is 0 Å². The smallest absolute Gasteiger partial charge is 0.124 e. The van der Waals surface area contributed by atoms with Crippen LogP contribution in [0.1, 0.15) is 24.5 Å². The number of aliphatic hydroxyl groups excluding tert-OH is 1. The lowest BCUT2D eigenvalue weighted by Crippen LogP contribution is -2.00. The molecule has 4 nitrogen and oxygen atoms in total. The quantitative estimate of drug-likeness (QED) is 0.435. The maximum atomic E-state index is 9.15. The third-order valence-electron chi connectivity index (χ3n) is 1.94. The van der Waals surface area contributed by atoms with Crippen molar-refractivity contribution in [2.24, 2.45) is 10.9 Å². The number of hydrogen-bond donors (Lipinski definition) is 2. The number of nitrogens with zero attached hydrogens (tertiary/aromatic N) is 1. The van der Waals surface area contributed by atoms with Gasteiger partial charge in [0, 0.05) is 5.56 Å². The van der Waals surface area contributed by atoms with Crippen molar-refractivity contribution in [2.75, 3.05) is 6.61 Å². The molecule has 0 aliphatic heterocycles. The van der Waals surface area contributed by atoms with Crippen molar-refractivity contribution < 1.29 is 9.84 Å². The summed E-state index contributed by atoms with van der Waals surface area (Å²) < 4.78 is 5.47. The maximum Gasteiger partial charge on any atom is 0.124 e. The number of benzene rings is 1. The molecule has 0 fully saturated rings. The zero-order valence-corrected chi connectivity index (χ0v) is 8.81. The van der Waals surface area contributed by atoms with E-state index in [0.29, 0.717) is 12.4 Å². The summed E-state index contributed by atoms with van der Waals surface area (Å²) in [5.41, 5.74) is 1.60. The van der Waals surface area contributed by atoms with Crippen molar-refractivity contribution in [3.8, 4) is 5.75 Å².